The molecule has 158 valence electrons. The number of carbonyl (C=O) groups is 2. The quantitative estimate of drug-likeness (QED) is 0.698. The van der Waals surface area contributed by atoms with Crippen molar-refractivity contribution in [2.75, 3.05) is 32.8 Å². The van der Waals surface area contributed by atoms with Gasteiger partial charge in [-0.15, -0.1) is 0 Å². The van der Waals surface area contributed by atoms with Gasteiger partial charge in [0.1, 0.15) is 11.3 Å². The molecule has 2 atom stereocenters. The van der Waals surface area contributed by atoms with Crippen molar-refractivity contribution < 1.29 is 19.4 Å². The molecule has 0 bridgehead atoms. The fraction of sp³-hybridized carbons (Fsp3) is 0.636. The molecule has 3 heterocycles. The first kappa shape index (κ1) is 20.2. The Kier molecular flexibility index (Phi) is 6.06. The molecule has 4 rings (SSSR count). The Morgan fingerprint density at radius 2 is 1.93 bits per heavy atom. The van der Waals surface area contributed by atoms with E-state index in [0.29, 0.717) is 31.0 Å². The van der Waals surface area contributed by atoms with Crippen molar-refractivity contribution in [3.8, 4) is 5.75 Å². The van der Waals surface area contributed by atoms with Gasteiger partial charge in [0, 0.05) is 37.9 Å². The van der Waals surface area contributed by atoms with Gasteiger partial charge < -0.3 is 20.5 Å². The Bertz CT molecular complexity index is 732. The van der Waals surface area contributed by atoms with Gasteiger partial charge in [-0.2, -0.15) is 0 Å². The first-order valence-electron chi connectivity index (χ1n) is 10.8. The van der Waals surface area contributed by atoms with Gasteiger partial charge in [0.25, 0.3) is 5.91 Å². The summed E-state index contributed by atoms with van der Waals surface area (Å²) in [4.78, 5) is 28.1. The Morgan fingerprint density at radius 1 is 1.17 bits per heavy atom. The van der Waals surface area contributed by atoms with Crippen molar-refractivity contribution >= 4 is 11.8 Å². The first-order valence-corrected chi connectivity index (χ1v) is 10.8. The molecule has 2 amide bonds. The summed E-state index contributed by atoms with van der Waals surface area (Å²) >= 11 is 0. The third-order valence-electron chi connectivity index (χ3n) is 6.68. The molecule has 3 fully saturated rings. The summed E-state index contributed by atoms with van der Waals surface area (Å²) in [7, 11) is 0. The van der Waals surface area contributed by atoms with E-state index in [9.17, 15) is 14.7 Å². The second-order valence-electron chi connectivity index (χ2n) is 8.62. The predicted octanol–water partition coefficient (Wildman–Crippen LogP) is 1.66. The summed E-state index contributed by atoms with van der Waals surface area (Å²) in [6.45, 7) is 3.87. The monoisotopic (exact) mass is 401 g/mol. The summed E-state index contributed by atoms with van der Waals surface area (Å²) in [5, 5.41) is 15.7. The van der Waals surface area contributed by atoms with Crippen molar-refractivity contribution in [1.82, 2.24) is 15.5 Å². The predicted molar refractivity (Wildman–Crippen MR) is 109 cm³/mol. The zero-order valence-corrected chi connectivity index (χ0v) is 16.9. The lowest BCUT2D eigenvalue weighted by molar-refractivity contribution is -0.134. The van der Waals surface area contributed by atoms with Crippen molar-refractivity contribution in [2.45, 2.75) is 50.1 Å². The minimum Gasteiger partial charge on any atom is -0.508 e. The van der Waals surface area contributed by atoms with E-state index in [4.69, 9.17) is 4.74 Å². The van der Waals surface area contributed by atoms with E-state index in [2.05, 4.69) is 15.5 Å². The number of hydrogen-bond donors (Lipinski definition) is 3. The highest BCUT2D eigenvalue weighted by atomic mass is 16.5. The van der Waals surface area contributed by atoms with Gasteiger partial charge in [-0.1, -0.05) is 0 Å². The van der Waals surface area contributed by atoms with Crippen LogP contribution < -0.4 is 10.6 Å². The summed E-state index contributed by atoms with van der Waals surface area (Å²) in [5.74, 6) is 0.588. The Morgan fingerprint density at radius 3 is 2.69 bits per heavy atom. The molecule has 0 saturated carbocycles. The van der Waals surface area contributed by atoms with Gasteiger partial charge in [0.05, 0.1) is 0 Å². The molecule has 0 spiro atoms. The van der Waals surface area contributed by atoms with Crippen molar-refractivity contribution in [3.63, 3.8) is 0 Å². The number of fused-ring (bicyclic) bond motifs is 1. The number of rotatable bonds is 5. The van der Waals surface area contributed by atoms with E-state index in [-0.39, 0.29) is 23.6 Å². The van der Waals surface area contributed by atoms with E-state index in [1.165, 1.54) is 12.1 Å². The minimum atomic E-state index is -0.504. The minimum absolute atomic E-state index is 0.0526. The van der Waals surface area contributed by atoms with Crippen molar-refractivity contribution in [1.29, 1.82) is 0 Å². The Hall–Kier alpha value is -2.12. The number of nitrogens with one attached hydrogen (secondary N) is 2. The Labute approximate surface area is 171 Å². The number of hydrogen-bond acceptors (Lipinski definition) is 5. The van der Waals surface area contributed by atoms with Crippen LogP contribution in [0.3, 0.4) is 0 Å². The molecule has 1 aromatic carbocycles. The molecule has 1 aromatic rings. The van der Waals surface area contributed by atoms with Gasteiger partial charge in [-0.3, -0.25) is 14.5 Å². The molecular weight excluding hydrogens is 370 g/mol. The van der Waals surface area contributed by atoms with Gasteiger partial charge >= 0.3 is 0 Å². The van der Waals surface area contributed by atoms with Crippen LogP contribution in [0, 0.1) is 5.92 Å². The molecule has 3 aliphatic heterocycles. The van der Waals surface area contributed by atoms with Crippen LogP contribution >= 0.6 is 0 Å². The lowest BCUT2D eigenvalue weighted by atomic mass is 9.84. The number of benzene rings is 1. The molecule has 3 saturated heterocycles. The van der Waals surface area contributed by atoms with E-state index in [0.717, 1.165) is 51.9 Å². The maximum Gasteiger partial charge on any atom is 0.251 e. The van der Waals surface area contributed by atoms with Gasteiger partial charge in [-0.25, -0.2) is 0 Å². The number of piperidine rings is 1. The molecule has 29 heavy (non-hydrogen) atoms. The van der Waals surface area contributed by atoms with E-state index in [1.54, 1.807) is 12.1 Å². The van der Waals surface area contributed by atoms with Crippen LogP contribution in [0.1, 0.15) is 48.9 Å². The first-order chi connectivity index (χ1) is 14.1. The van der Waals surface area contributed by atoms with Crippen molar-refractivity contribution in [3.05, 3.63) is 29.8 Å². The largest absolute Gasteiger partial charge is 0.508 e. The number of phenolic OH excluding ortho intramolecular Hbond substituents is 1. The standard InChI is InChI=1S/C22H31N3O4/c26-19-5-3-17(4-6-19)20(27)24-18-13-22(9-1-2-10-25(22)15-18)21(28)23-14-16-7-11-29-12-8-16/h3-6,16,18,26H,1-2,7-15H2,(H,23,28)(H,24,27)/t18-,22+/m0/s1. The molecule has 0 aliphatic carbocycles. The summed E-state index contributed by atoms with van der Waals surface area (Å²) in [6, 6.07) is 6.20. The maximum absolute atomic E-state index is 13.3. The maximum atomic E-state index is 13.3. The van der Waals surface area contributed by atoms with Crippen LogP contribution in [0.2, 0.25) is 0 Å². The molecule has 3 aliphatic rings. The number of amides is 2. The van der Waals surface area contributed by atoms with Crippen LogP contribution in [0.25, 0.3) is 0 Å². The number of nitrogens with zero attached hydrogens (tertiary/aromatic N) is 1. The van der Waals surface area contributed by atoms with Gasteiger partial charge in [0.15, 0.2) is 0 Å². The fourth-order valence-corrected chi connectivity index (χ4v) is 5.01. The highest BCUT2D eigenvalue weighted by molar-refractivity contribution is 5.94. The molecule has 0 aromatic heterocycles. The summed E-state index contributed by atoms with van der Waals surface area (Å²) in [5.41, 5.74) is 0.0155. The number of phenols is 1. The highest BCUT2D eigenvalue weighted by Gasteiger charge is 2.52. The Balaban J connectivity index is 1.39. The SMILES string of the molecule is O=C(N[C@@H]1CN2CCCC[C@]2(C(=O)NCC2CCOCC2)C1)c1ccc(O)cc1. The van der Waals surface area contributed by atoms with E-state index in [1.807, 2.05) is 0 Å². The van der Waals surface area contributed by atoms with Crippen LogP contribution in [0.4, 0.5) is 0 Å². The summed E-state index contributed by atoms with van der Waals surface area (Å²) in [6.07, 6.45) is 5.63. The molecular formula is C22H31N3O4. The third kappa shape index (κ3) is 4.41. The topological polar surface area (TPSA) is 90.9 Å². The van der Waals surface area contributed by atoms with Gasteiger partial charge in [0.2, 0.25) is 5.91 Å². The van der Waals surface area contributed by atoms with Gasteiger partial charge in [-0.05, 0) is 75.3 Å². The second kappa shape index (κ2) is 8.71. The lowest BCUT2D eigenvalue weighted by Gasteiger charge is -2.41. The zero-order chi connectivity index (χ0) is 20.3. The fourth-order valence-electron chi connectivity index (χ4n) is 5.01. The number of ether oxygens (including phenoxy) is 1. The van der Waals surface area contributed by atoms with Crippen molar-refractivity contribution in [2.24, 2.45) is 5.92 Å². The lowest BCUT2D eigenvalue weighted by Crippen LogP contribution is -2.58. The number of aromatic hydroxyl groups is 1. The van der Waals surface area contributed by atoms with E-state index >= 15 is 0 Å². The normalized spacial score (nSPS) is 27.9. The average molecular weight is 402 g/mol. The molecule has 0 radical (unpaired) electrons. The van der Waals surface area contributed by atoms with Crippen LogP contribution in [0.15, 0.2) is 24.3 Å². The van der Waals surface area contributed by atoms with Crippen LogP contribution in [-0.4, -0.2) is 66.2 Å². The average Bonchev–Trinajstić information content (AvgIpc) is 3.12. The molecule has 7 heteroatoms. The third-order valence-corrected chi connectivity index (χ3v) is 6.68. The highest BCUT2D eigenvalue weighted by Crippen LogP contribution is 2.38. The molecule has 0 unspecified atom stereocenters. The number of carbonyl (C=O) groups excluding carboxylic acids is 2. The van der Waals surface area contributed by atoms with E-state index < -0.39 is 5.54 Å². The second-order valence-corrected chi connectivity index (χ2v) is 8.62. The smallest absolute Gasteiger partial charge is 0.251 e. The molecule has 3 N–H and O–H groups in total. The van der Waals surface area contributed by atoms with Crippen LogP contribution in [-0.2, 0) is 9.53 Å². The summed E-state index contributed by atoms with van der Waals surface area (Å²) < 4.78 is 5.41. The molecule has 7 nitrogen and oxygen atoms in total. The van der Waals surface area contributed by atoms with Crippen LogP contribution in [0.5, 0.6) is 5.75 Å². The zero-order valence-electron chi connectivity index (χ0n) is 16.9.